The highest BCUT2D eigenvalue weighted by Gasteiger charge is 2.10. The van der Waals surface area contributed by atoms with E-state index in [1.165, 1.54) is 23.6 Å². The SMILES string of the molecule is O=C(N/N=C/c1cccc(Cl)c1)c1cc(-c2cccs2)[nH]c(=O)n1. The van der Waals surface area contributed by atoms with Crippen LogP contribution in [0.2, 0.25) is 5.02 Å². The maximum Gasteiger partial charge on any atom is 0.346 e. The molecule has 0 bridgehead atoms. The number of aromatic nitrogens is 2. The Labute approximate surface area is 145 Å². The van der Waals surface area contributed by atoms with E-state index in [0.717, 1.165) is 10.4 Å². The Morgan fingerprint density at radius 1 is 1.29 bits per heavy atom. The number of thiophene rings is 1. The van der Waals surface area contributed by atoms with Gasteiger partial charge in [0.15, 0.2) is 0 Å². The van der Waals surface area contributed by atoms with Crippen LogP contribution in [0, 0.1) is 0 Å². The van der Waals surface area contributed by atoms with E-state index in [-0.39, 0.29) is 5.69 Å². The first kappa shape index (κ1) is 16.1. The summed E-state index contributed by atoms with van der Waals surface area (Å²) in [5, 5.41) is 6.30. The first-order valence-corrected chi connectivity index (χ1v) is 8.12. The Morgan fingerprint density at radius 2 is 2.17 bits per heavy atom. The Balaban J connectivity index is 1.77. The molecule has 3 rings (SSSR count). The minimum Gasteiger partial charge on any atom is -0.305 e. The number of hydrogen-bond acceptors (Lipinski definition) is 5. The zero-order chi connectivity index (χ0) is 16.9. The topological polar surface area (TPSA) is 87.2 Å². The summed E-state index contributed by atoms with van der Waals surface area (Å²) in [6.45, 7) is 0. The van der Waals surface area contributed by atoms with Crippen LogP contribution in [0.25, 0.3) is 10.6 Å². The summed E-state index contributed by atoms with van der Waals surface area (Å²) in [6.07, 6.45) is 1.46. The lowest BCUT2D eigenvalue weighted by Gasteiger charge is -2.02. The second-order valence-corrected chi connectivity index (χ2v) is 6.10. The molecule has 0 saturated heterocycles. The highest BCUT2D eigenvalue weighted by molar-refractivity contribution is 7.13. The van der Waals surface area contributed by atoms with Crippen LogP contribution in [0.15, 0.2) is 57.7 Å². The minimum atomic E-state index is -0.593. The summed E-state index contributed by atoms with van der Waals surface area (Å²) in [5.41, 5.74) is 3.01. The van der Waals surface area contributed by atoms with Crippen molar-refractivity contribution in [3.8, 4) is 10.6 Å². The minimum absolute atomic E-state index is 0.00889. The highest BCUT2D eigenvalue weighted by Crippen LogP contribution is 2.21. The van der Waals surface area contributed by atoms with E-state index in [1.54, 1.807) is 24.3 Å². The third-order valence-electron chi connectivity index (χ3n) is 2.99. The maximum atomic E-state index is 12.1. The van der Waals surface area contributed by atoms with Gasteiger partial charge in [-0.25, -0.2) is 10.2 Å². The van der Waals surface area contributed by atoms with Crippen molar-refractivity contribution in [3.63, 3.8) is 0 Å². The lowest BCUT2D eigenvalue weighted by molar-refractivity contribution is 0.0949. The number of aromatic amines is 1. The summed E-state index contributed by atoms with van der Waals surface area (Å²) in [4.78, 5) is 30.9. The van der Waals surface area contributed by atoms with E-state index in [1.807, 2.05) is 17.5 Å². The smallest absolute Gasteiger partial charge is 0.305 e. The number of hydrazone groups is 1. The first-order chi connectivity index (χ1) is 11.6. The fraction of sp³-hybridized carbons (Fsp3) is 0. The van der Waals surface area contributed by atoms with Crippen LogP contribution in [0.5, 0.6) is 0 Å². The van der Waals surface area contributed by atoms with Gasteiger partial charge in [-0.1, -0.05) is 29.8 Å². The van der Waals surface area contributed by atoms with Crippen LogP contribution in [0.3, 0.4) is 0 Å². The number of hydrogen-bond donors (Lipinski definition) is 2. The molecular weight excluding hydrogens is 348 g/mol. The molecule has 120 valence electrons. The average Bonchev–Trinajstić information content (AvgIpc) is 3.09. The van der Waals surface area contributed by atoms with Crippen LogP contribution >= 0.6 is 22.9 Å². The molecule has 24 heavy (non-hydrogen) atoms. The summed E-state index contributed by atoms with van der Waals surface area (Å²) in [7, 11) is 0. The summed E-state index contributed by atoms with van der Waals surface area (Å²) >= 11 is 7.32. The molecule has 0 atom stereocenters. The third-order valence-corrected chi connectivity index (χ3v) is 4.13. The van der Waals surface area contributed by atoms with Crippen LogP contribution in [0.1, 0.15) is 16.1 Å². The van der Waals surface area contributed by atoms with Crippen molar-refractivity contribution in [2.75, 3.05) is 0 Å². The molecule has 0 aliphatic heterocycles. The van der Waals surface area contributed by atoms with Crippen molar-refractivity contribution >= 4 is 35.1 Å². The normalized spacial score (nSPS) is 10.9. The summed E-state index contributed by atoms with van der Waals surface area (Å²) in [6, 6.07) is 12.2. The number of nitrogens with one attached hydrogen (secondary N) is 2. The third kappa shape index (κ3) is 3.95. The molecule has 2 N–H and O–H groups in total. The van der Waals surface area contributed by atoms with Crippen molar-refractivity contribution in [1.82, 2.24) is 15.4 Å². The summed E-state index contributed by atoms with van der Waals surface area (Å²) in [5.74, 6) is -0.572. The number of carbonyl (C=O) groups is 1. The van der Waals surface area contributed by atoms with Gasteiger partial charge in [0, 0.05) is 5.02 Å². The predicted octanol–water partition coefficient (Wildman–Crippen LogP) is 2.92. The van der Waals surface area contributed by atoms with Gasteiger partial charge in [-0.15, -0.1) is 11.3 Å². The highest BCUT2D eigenvalue weighted by atomic mass is 35.5. The standard InChI is InChI=1S/C16H11ClN4O2S/c17-11-4-1-3-10(7-11)9-18-21-15(22)13-8-12(19-16(23)20-13)14-5-2-6-24-14/h1-9H,(H,21,22)(H,19,20,23)/b18-9+. The molecule has 0 saturated carbocycles. The van der Waals surface area contributed by atoms with Crippen LogP contribution in [-0.4, -0.2) is 22.1 Å². The van der Waals surface area contributed by atoms with E-state index < -0.39 is 11.6 Å². The number of benzene rings is 1. The molecule has 1 amide bonds. The van der Waals surface area contributed by atoms with Crippen LogP contribution in [-0.2, 0) is 0 Å². The lowest BCUT2D eigenvalue weighted by atomic mass is 10.2. The van der Waals surface area contributed by atoms with Gasteiger partial charge in [-0.3, -0.25) is 4.79 Å². The average molecular weight is 359 g/mol. The number of nitrogens with zero attached hydrogens (tertiary/aromatic N) is 2. The largest absolute Gasteiger partial charge is 0.346 e. The van der Waals surface area contributed by atoms with E-state index >= 15 is 0 Å². The Bertz CT molecular complexity index is 951. The van der Waals surface area contributed by atoms with E-state index in [0.29, 0.717) is 10.7 Å². The molecule has 0 radical (unpaired) electrons. The Hall–Kier alpha value is -2.77. The molecule has 6 nitrogen and oxygen atoms in total. The fourth-order valence-corrected chi connectivity index (χ4v) is 2.84. The second-order valence-electron chi connectivity index (χ2n) is 4.72. The van der Waals surface area contributed by atoms with Gasteiger partial charge in [0.1, 0.15) is 5.69 Å². The molecule has 0 spiro atoms. The Kier molecular flexibility index (Phi) is 4.83. The maximum absolute atomic E-state index is 12.1. The van der Waals surface area contributed by atoms with Gasteiger partial charge in [0.25, 0.3) is 5.91 Å². The van der Waals surface area contributed by atoms with Crippen LogP contribution in [0.4, 0.5) is 0 Å². The van der Waals surface area contributed by atoms with Gasteiger partial charge < -0.3 is 4.98 Å². The molecule has 1 aromatic carbocycles. The lowest BCUT2D eigenvalue weighted by Crippen LogP contribution is -2.24. The molecule has 3 aromatic rings. The van der Waals surface area contributed by atoms with Gasteiger partial charge in [-0.2, -0.15) is 10.1 Å². The molecular formula is C16H11ClN4O2S. The number of H-pyrrole nitrogens is 1. The molecule has 8 heteroatoms. The zero-order valence-corrected chi connectivity index (χ0v) is 13.8. The number of rotatable bonds is 4. The van der Waals surface area contributed by atoms with Crippen molar-refractivity contribution in [2.24, 2.45) is 5.10 Å². The zero-order valence-electron chi connectivity index (χ0n) is 12.2. The van der Waals surface area contributed by atoms with Crippen molar-refractivity contribution in [3.05, 3.63) is 74.6 Å². The first-order valence-electron chi connectivity index (χ1n) is 6.86. The number of carbonyl (C=O) groups excluding carboxylic acids is 1. The molecule has 0 aliphatic rings. The second kappa shape index (κ2) is 7.20. The molecule has 0 fully saturated rings. The summed E-state index contributed by atoms with van der Waals surface area (Å²) < 4.78 is 0. The van der Waals surface area contributed by atoms with Crippen molar-refractivity contribution in [1.29, 1.82) is 0 Å². The van der Waals surface area contributed by atoms with E-state index in [4.69, 9.17) is 11.6 Å². The van der Waals surface area contributed by atoms with Gasteiger partial charge in [-0.05, 0) is 35.2 Å². The molecule has 0 aliphatic carbocycles. The molecule has 0 unspecified atom stereocenters. The van der Waals surface area contributed by atoms with Crippen molar-refractivity contribution in [2.45, 2.75) is 0 Å². The van der Waals surface area contributed by atoms with Gasteiger partial charge >= 0.3 is 5.69 Å². The molecule has 2 aromatic heterocycles. The van der Waals surface area contributed by atoms with Gasteiger partial charge in [0.05, 0.1) is 16.8 Å². The van der Waals surface area contributed by atoms with Crippen LogP contribution < -0.4 is 11.1 Å². The molecule has 2 heterocycles. The van der Waals surface area contributed by atoms with Gasteiger partial charge in [0.2, 0.25) is 0 Å². The number of halogens is 1. The van der Waals surface area contributed by atoms with Crippen molar-refractivity contribution < 1.29 is 4.79 Å². The fourth-order valence-electron chi connectivity index (χ4n) is 1.95. The number of amides is 1. The monoisotopic (exact) mass is 358 g/mol. The Morgan fingerprint density at radius 3 is 2.92 bits per heavy atom. The van der Waals surface area contributed by atoms with E-state index in [9.17, 15) is 9.59 Å². The quantitative estimate of drug-likeness (QED) is 0.555. The van der Waals surface area contributed by atoms with E-state index in [2.05, 4.69) is 20.5 Å². The predicted molar refractivity (Wildman–Crippen MR) is 94.7 cm³/mol.